The minimum Gasteiger partial charge on any atom is -0.275 e. The molecule has 1 atom stereocenters. The summed E-state index contributed by atoms with van der Waals surface area (Å²) in [6.07, 6.45) is 2.28. The largest absolute Gasteiger partial charge is 0.275 e. The van der Waals surface area contributed by atoms with E-state index in [1.165, 1.54) is 4.68 Å². The van der Waals surface area contributed by atoms with Crippen LogP contribution in [0.15, 0.2) is 52.8 Å². The summed E-state index contributed by atoms with van der Waals surface area (Å²) < 4.78 is 25.3. The second-order valence-electron chi connectivity index (χ2n) is 6.56. The van der Waals surface area contributed by atoms with Crippen LogP contribution in [0.25, 0.3) is 10.8 Å². The molecule has 0 aliphatic carbocycles. The van der Waals surface area contributed by atoms with Gasteiger partial charge in [0.15, 0.2) is 9.84 Å². The van der Waals surface area contributed by atoms with E-state index in [4.69, 9.17) is 0 Å². The average Bonchev–Trinajstić information content (AvgIpc) is 3.26. The molecule has 3 aromatic rings. The average molecular weight is 390 g/mol. The molecule has 136 valence electrons. The van der Waals surface area contributed by atoms with E-state index in [0.717, 1.165) is 10.3 Å². The highest BCUT2D eigenvalue weighted by molar-refractivity contribution is 7.91. The van der Waals surface area contributed by atoms with Crippen LogP contribution < -0.4 is 5.56 Å². The summed E-state index contributed by atoms with van der Waals surface area (Å²) in [6.45, 7) is 0.889. The van der Waals surface area contributed by atoms with E-state index in [2.05, 4.69) is 10.00 Å². The molecular formula is C18H19N3O3S2. The minimum absolute atomic E-state index is 0.0951. The fraction of sp³-hybridized carbons (Fsp3) is 0.333. The molecule has 1 aliphatic heterocycles. The quantitative estimate of drug-likeness (QED) is 0.668. The summed E-state index contributed by atoms with van der Waals surface area (Å²) in [5, 5.41) is 7.73. The number of nitrogens with zero attached hydrogens (tertiary/aromatic N) is 3. The number of rotatable bonds is 5. The third-order valence-electron chi connectivity index (χ3n) is 4.74. The monoisotopic (exact) mass is 389 g/mol. The Balaban J connectivity index is 1.66. The molecule has 26 heavy (non-hydrogen) atoms. The summed E-state index contributed by atoms with van der Waals surface area (Å²) in [4.78, 5) is 16.0. The molecule has 0 radical (unpaired) electrons. The van der Waals surface area contributed by atoms with Crippen LogP contribution in [-0.4, -0.2) is 40.6 Å². The van der Waals surface area contributed by atoms with Gasteiger partial charge in [0.2, 0.25) is 0 Å². The van der Waals surface area contributed by atoms with Crippen molar-refractivity contribution in [1.82, 2.24) is 14.7 Å². The van der Waals surface area contributed by atoms with Gasteiger partial charge in [-0.25, -0.2) is 13.1 Å². The summed E-state index contributed by atoms with van der Waals surface area (Å²) in [5.41, 5.74) is -0.153. The van der Waals surface area contributed by atoms with Crippen LogP contribution in [-0.2, 0) is 23.1 Å². The maximum Gasteiger partial charge on any atom is 0.275 e. The molecule has 0 saturated carbocycles. The number of hydrogen-bond acceptors (Lipinski definition) is 6. The van der Waals surface area contributed by atoms with Crippen LogP contribution >= 0.6 is 11.3 Å². The van der Waals surface area contributed by atoms with E-state index in [-0.39, 0.29) is 29.8 Å². The fourth-order valence-corrected chi connectivity index (χ4v) is 5.85. The Morgan fingerprint density at radius 1 is 1.23 bits per heavy atom. The standard InChI is InChI=1S/C18H19N3O3S2/c22-18-17-6-2-1-4-14(17)10-19-21(18)13-20(11-16-5-3-8-25-16)15-7-9-26(23,24)12-15/h1-6,8,10,15H,7,9,11-13H2. The molecule has 1 saturated heterocycles. The van der Waals surface area contributed by atoms with Crippen molar-refractivity contribution in [3.8, 4) is 0 Å². The molecule has 8 heteroatoms. The van der Waals surface area contributed by atoms with Crippen LogP contribution in [0.5, 0.6) is 0 Å². The summed E-state index contributed by atoms with van der Waals surface area (Å²) in [6, 6.07) is 11.3. The van der Waals surface area contributed by atoms with E-state index in [9.17, 15) is 13.2 Å². The van der Waals surface area contributed by atoms with Gasteiger partial charge in [-0.3, -0.25) is 9.69 Å². The first kappa shape index (κ1) is 17.4. The zero-order valence-electron chi connectivity index (χ0n) is 14.1. The Labute approximate surface area is 155 Å². The van der Waals surface area contributed by atoms with Gasteiger partial charge in [-0.05, 0) is 23.9 Å². The molecule has 1 aliphatic rings. The third kappa shape index (κ3) is 3.58. The molecule has 4 rings (SSSR count). The SMILES string of the molecule is O=c1c2ccccc2cnn1CN(Cc1cccs1)C1CCS(=O)(=O)C1. The van der Waals surface area contributed by atoms with Crippen molar-refractivity contribution < 1.29 is 8.42 Å². The van der Waals surface area contributed by atoms with Crippen molar-refractivity contribution in [2.45, 2.75) is 25.7 Å². The number of thiophene rings is 1. The van der Waals surface area contributed by atoms with E-state index in [0.29, 0.717) is 18.4 Å². The minimum atomic E-state index is -3.00. The van der Waals surface area contributed by atoms with Gasteiger partial charge in [0.1, 0.15) is 0 Å². The first-order chi connectivity index (χ1) is 12.5. The Morgan fingerprint density at radius 3 is 2.81 bits per heavy atom. The lowest BCUT2D eigenvalue weighted by atomic mass is 10.2. The van der Waals surface area contributed by atoms with Crippen LogP contribution in [0.2, 0.25) is 0 Å². The molecule has 2 aromatic heterocycles. The van der Waals surface area contributed by atoms with Crippen LogP contribution in [0.3, 0.4) is 0 Å². The van der Waals surface area contributed by atoms with Gasteiger partial charge in [0.05, 0.1) is 29.8 Å². The van der Waals surface area contributed by atoms with Crippen molar-refractivity contribution in [1.29, 1.82) is 0 Å². The van der Waals surface area contributed by atoms with Gasteiger partial charge in [0, 0.05) is 22.8 Å². The summed E-state index contributed by atoms with van der Waals surface area (Å²) >= 11 is 1.63. The van der Waals surface area contributed by atoms with Gasteiger partial charge in [-0.2, -0.15) is 5.10 Å². The van der Waals surface area contributed by atoms with Crippen molar-refractivity contribution in [3.63, 3.8) is 0 Å². The van der Waals surface area contributed by atoms with Crippen LogP contribution in [0.4, 0.5) is 0 Å². The van der Waals surface area contributed by atoms with Crippen LogP contribution in [0, 0.1) is 0 Å². The van der Waals surface area contributed by atoms with Gasteiger partial charge < -0.3 is 0 Å². The third-order valence-corrected chi connectivity index (χ3v) is 7.35. The fourth-order valence-electron chi connectivity index (χ4n) is 3.36. The van der Waals surface area contributed by atoms with Gasteiger partial charge >= 0.3 is 0 Å². The smallest absolute Gasteiger partial charge is 0.275 e. The molecule has 0 spiro atoms. The lowest BCUT2D eigenvalue weighted by molar-refractivity contribution is 0.146. The first-order valence-corrected chi connectivity index (χ1v) is 11.1. The molecule has 1 unspecified atom stereocenters. The van der Waals surface area contributed by atoms with Crippen LogP contribution in [0.1, 0.15) is 11.3 Å². The Morgan fingerprint density at radius 2 is 2.08 bits per heavy atom. The maximum absolute atomic E-state index is 12.8. The lowest BCUT2D eigenvalue weighted by Crippen LogP contribution is -2.40. The summed E-state index contributed by atoms with van der Waals surface area (Å²) in [5.74, 6) is 0.347. The van der Waals surface area contributed by atoms with Crippen molar-refractivity contribution in [2.75, 3.05) is 11.5 Å². The number of sulfone groups is 1. The highest BCUT2D eigenvalue weighted by Gasteiger charge is 2.32. The van der Waals surface area contributed by atoms with Crippen molar-refractivity contribution >= 4 is 31.9 Å². The van der Waals surface area contributed by atoms with E-state index in [1.807, 2.05) is 35.7 Å². The normalized spacial score (nSPS) is 19.3. The molecule has 1 fully saturated rings. The van der Waals surface area contributed by atoms with E-state index >= 15 is 0 Å². The number of aromatic nitrogens is 2. The summed E-state index contributed by atoms with van der Waals surface area (Å²) in [7, 11) is -3.00. The van der Waals surface area contributed by atoms with Gasteiger partial charge in [-0.15, -0.1) is 11.3 Å². The van der Waals surface area contributed by atoms with Crippen molar-refractivity contribution in [2.24, 2.45) is 0 Å². The molecular weight excluding hydrogens is 370 g/mol. The number of fused-ring (bicyclic) bond motifs is 1. The predicted molar refractivity (Wildman–Crippen MR) is 103 cm³/mol. The van der Waals surface area contributed by atoms with E-state index < -0.39 is 9.84 Å². The highest BCUT2D eigenvalue weighted by Crippen LogP contribution is 2.22. The Bertz CT molecular complexity index is 1070. The van der Waals surface area contributed by atoms with Gasteiger partial charge in [-0.1, -0.05) is 24.3 Å². The topological polar surface area (TPSA) is 72.3 Å². The molecule has 6 nitrogen and oxygen atoms in total. The first-order valence-electron chi connectivity index (χ1n) is 8.43. The number of benzene rings is 1. The second-order valence-corrected chi connectivity index (χ2v) is 9.82. The predicted octanol–water partition coefficient (Wildman–Crippen LogP) is 2.10. The zero-order valence-corrected chi connectivity index (χ0v) is 15.7. The molecule has 3 heterocycles. The number of hydrogen-bond donors (Lipinski definition) is 0. The van der Waals surface area contributed by atoms with Crippen molar-refractivity contribution in [3.05, 3.63) is 63.2 Å². The maximum atomic E-state index is 12.8. The molecule has 0 N–H and O–H groups in total. The molecule has 1 aromatic carbocycles. The molecule has 0 amide bonds. The Kier molecular flexibility index (Phi) is 4.64. The lowest BCUT2D eigenvalue weighted by Gasteiger charge is -2.27. The Hall–Kier alpha value is -2.03. The second kappa shape index (κ2) is 6.94. The molecule has 0 bridgehead atoms. The zero-order chi connectivity index (χ0) is 18.1. The van der Waals surface area contributed by atoms with Gasteiger partial charge in [0.25, 0.3) is 5.56 Å². The van der Waals surface area contributed by atoms with E-state index in [1.54, 1.807) is 23.6 Å². The highest BCUT2D eigenvalue weighted by atomic mass is 32.2.